The first-order valence-electron chi connectivity index (χ1n) is 5.49. The van der Waals surface area contributed by atoms with Gasteiger partial charge in [-0.1, -0.05) is 23.2 Å². The van der Waals surface area contributed by atoms with Gasteiger partial charge in [-0.3, -0.25) is 9.59 Å². The fourth-order valence-electron chi connectivity index (χ4n) is 1.73. The van der Waals surface area contributed by atoms with Crippen molar-refractivity contribution in [2.45, 2.75) is 6.92 Å². The third-order valence-corrected chi connectivity index (χ3v) is 3.43. The first kappa shape index (κ1) is 13.2. The molecule has 0 radical (unpaired) electrons. The molecule has 4 nitrogen and oxygen atoms in total. The van der Waals surface area contributed by atoms with Gasteiger partial charge in [0.25, 0.3) is 0 Å². The summed E-state index contributed by atoms with van der Waals surface area (Å²) in [5.41, 5.74) is 0.535. The Morgan fingerprint density at radius 2 is 2.00 bits per heavy atom. The molecule has 0 spiro atoms. The molecular formula is C12H12Cl2N2O2. The second-order valence-corrected chi connectivity index (χ2v) is 5.08. The van der Waals surface area contributed by atoms with Gasteiger partial charge in [0.15, 0.2) is 0 Å². The average molecular weight is 287 g/mol. The van der Waals surface area contributed by atoms with Crippen molar-refractivity contribution in [1.82, 2.24) is 4.90 Å². The van der Waals surface area contributed by atoms with Crippen LogP contribution >= 0.6 is 23.2 Å². The molecule has 18 heavy (non-hydrogen) atoms. The van der Waals surface area contributed by atoms with Crippen LogP contribution in [-0.4, -0.2) is 29.8 Å². The number of nitrogens with zero attached hydrogens (tertiary/aromatic N) is 1. The molecule has 1 aliphatic heterocycles. The Kier molecular flexibility index (Phi) is 3.78. The van der Waals surface area contributed by atoms with Crippen LogP contribution < -0.4 is 5.32 Å². The van der Waals surface area contributed by atoms with E-state index in [-0.39, 0.29) is 17.7 Å². The summed E-state index contributed by atoms with van der Waals surface area (Å²) in [6, 6.07) is 4.89. The molecule has 0 aliphatic carbocycles. The number of hydrogen-bond acceptors (Lipinski definition) is 2. The number of halogens is 2. The lowest BCUT2D eigenvalue weighted by Gasteiger charge is -2.37. The number of anilines is 1. The summed E-state index contributed by atoms with van der Waals surface area (Å²) in [5, 5.41) is 3.65. The maximum atomic E-state index is 11.9. The van der Waals surface area contributed by atoms with Gasteiger partial charge in [0.2, 0.25) is 11.8 Å². The number of likely N-dealkylation sites (tertiary alicyclic amines) is 1. The van der Waals surface area contributed by atoms with Gasteiger partial charge in [0.1, 0.15) is 0 Å². The van der Waals surface area contributed by atoms with Crippen molar-refractivity contribution in [2.24, 2.45) is 5.92 Å². The van der Waals surface area contributed by atoms with E-state index in [4.69, 9.17) is 23.2 Å². The van der Waals surface area contributed by atoms with E-state index in [0.717, 1.165) is 0 Å². The first-order valence-corrected chi connectivity index (χ1v) is 6.24. The van der Waals surface area contributed by atoms with Crippen LogP contribution in [0.1, 0.15) is 6.92 Å². The summed E-state index contributed by atoms with van der Waals surface area (Å²) in [5.74, 6) is -0.305. The third-order valence-electron chi connectivity index (χ3n) is 2.89. The van der Waals surface area contributed by atoms with Gasteiger partial charge in [0.05, 0.1) is 16.6 Å². The third kappa shape index (κ3) is 2.76. The molecule has 0 atom stereocenters. The summed E-state index contributed by atoms with van der Waals surface area (Å²) < 4.78 is 0. The Hall–Kier alpha value is -1.26. The van der Waals surface area contributed by atoms with Crippen LogP contribution in [0.5, 0.6) is 0 Å². The van der Waals surface area contributed by atoms with Crippen LogP contribution in [0, 0.1) is 5.92 Å². The minimum atomic E-state index is -0.166. The highest BCUT2D eigenvalue weighted by Gasteiger charge is 2.34. The molecule has 1 N–H and O–H groups in total. The molecule has 1 aromatic rings. The predicted molar refractivity (Wildman–Crippen MR) is 70.8 cm³/mol. The van der Waals surface area contributed by atoms with Gasteiger partial charge in [-0.05, 0) is 18.2 Å². The van der Waals surface area contributed by atoms with Gasteiger partial charge < -0.3 is 10.2 Å². The molecule has 1 heterocycles. The van der Waals surface area contributed by atoms with Crippen molar-refractivity contribution in [2.75, 3.05) is 18.4 Å². The van der Waals surface area contributed by atoms with Gasteiger partial charge in [-0.25, -0.2) is 0 Å². The quantitative estimate of drug-likeness (QED) is 0.908. The number of carbonyl (C=O) groups is 2. The molecule has 1 fully saturated rings. The maximum Gasteiger partial charge on any atom is 0.231 e. The minimum Gasteiger partial charge on any atom is -0.341 e. The number of hydrogen-bond donors (Lipinski definition) is 1. The predicted octanol–water partition coefficient (Wildman–Crippen LogP) is 2.41. The van der Waals surface area contributed by atoms with E-state index < -0.39 is 0 Å². The number of amides is 2. The average Bonchev–Trinajstić information content (AvgIpc) is 2.19. The van der Waals surface area contributed by atoms with Crippen molar-refractivity contribution in [1.29, 1.82) is 0 Å². The van der Waals surface area contributed by atoms with Crippen LogP contribution in [0.3, 0.4) is 0 Å². The second-order valence-electron chi connectivity index (χ2n) is 4.23. The lowest BCUT2D eigenvalue weighted by molar-refractivity contribution is -0.139. The van der Waals surface area contributed by atoms with Crippen molar-refractivity contribution in [3.8, 4) is 0 Å². The lowest BCUT2D eigenvalue weighted by Crippen LogP contribution is -2.53. The van der Waals surface area contributed by atoms with E-state index in [0.29, 0.717) is 28.8 Å². The Morgan fingerprint density at radius 3 is 2.56 bits per heavy atom. The fourth-order valence-corrected chi connectivity index (χ4v) is 2.18. The normalized spacial score (nSPS) is 15.2. The van der Waals surface area contributed by atoms with Gasteiger partial charge in [-0.15, -0.1) is 0 Å². The Morgan fingerprint density at radius 1 is 1.33 bits per heavy atom. The van der Waals surface area contributed by atoms with Crippen LogP contribution in [-0.2, 0) is 9.59 Å². The Balaban J connectivity index is 1.94. The molecule has 0 unspecified atom stereocenters. The smallest absolute Gasteiger partial charge is 0.231 e. The summed E-state index contributed by atoms with van der Waals surface area (Å²) in [6.07, 6.45) is 0. The number of nitrogens with one attached hydrogen (secondary N) is 1. The number of rotatable bonds is 2. The summed E-state index contributed by atoms with van der Waals surface area (Å²) in [6.45, 7) is 2.42. The zero-order chi connectivity index (χ0) is 13.3. The maximum absolute atomic E-state index is 11.9. The number of carbonyl (C=O) groups excluding carboxylic acids is 2. The monoisotopic (exact) mass is 286 g/mol. The summed E-state index contributed by atoms with van der Waals surface area (Å²) in [4.78, 5) is 24.5. The highest BCUT2D eigenvalue weighted by Crippen LogP contribution is 2.26. The molecule has 0 bridgehead atoms. The molecule has 1 aliphatic rings. The van der Waals surface area contributed by atoms with E-state index in [1.54, 1.807) is 23.1 Å². The molecule has 6 heteroatoms. The lowest BCUT2D eigenvalue weighted by atomic mass is 9.99. The van der Waals surface area contributed by atoms with Gasteiger partial charge >= 0.3 is 0 Å². The van der Waals surface area contributed by atoms with Crippen molar-refractivity contribution in [3.63, 3.8) is 0 Å². The van der Waals surface area contributed by atoms with Crippen molar-refractivity contribution >= 4 is 40.7 Å². The topological polar surface area (TPSA) is 49.4 Å². The fraction of sp³-hybridized carbons (Fsp3) is 0.333. The molecule has 0 saturated carbocycles. The molecular weight excluding hydrogens is 275 g/mol. The van der Waals surface area contributed by atoms with Gasteiger partial charge in [0, 0.05) is 25.0 Å². The van der Waals surface area contributed by atoms with Crippen molar-refractivity contribution in [3.05, 3.63) is 28.2 Å². The van der Waals surface area contributed by atoms with Crippen LogP contribution in [0.4, 0.5) is 5.69 Å². The van der Waals surface area contributed by atoms with Crippen LogP contribution in [0.25, 0.3) is 0 Å². The molecule has 2 rings (SSSR count). The minimum absolute atomic E-state index is 0.0106. The van der Waals surface area contributed by atoms with Gasteiger partial charge in [-0.2, -0.15) is 0 Å². The summed E-state index contributed by atoms with van der Waals surface area (Å²) in [7, 11) is 0. The van der Waals surface area contributed by atoms with Crippen LogP contribution in [0.2, 0.25) is 10.0 Å². The summed E-state index contributed by atoms with van der Waals surface area (Å²) >= 11 is 11.7. The van der Waals surface area contributed by atoms with E-state index >= 15 is 0 Å². The molecule has 0 aromatic heterocycles. The van der Waals surface area contributed by atoms with Crippen LogP contribution in [0.15, 0.2) is 18.2 Å². The highest BCUT2D eigenvalue weighted by atomic mass is 35.5. The molecule has 1 aromatic carbocycles. The molecule has 2 amide bonds. The Bertz CT molecular complexity index is 499. The number of benzene rings is 1. The Labute approximate surface area is 115 Å². The SMILES string of the molecule is CC(=O)N1CC(C(=O)Nc2ccc(Cl)cc2Cl)C1. The van der Waals surface area contributed by atoms with E-state index in [1.165, 1.54) is 6.92 Å². The largest absolute Gasteiger partial charge is 0.341 e. The standard InChI is InChI=1S/C12H12Cl2N2O2/c1-7(17)16-5-8(6-16)12(18)15-11-3-2-9(13)4-10(11)14/h2-4,8H,5-6H2,1H3,(H,15,18). The molecule has 96 valence electrons. The highest BCUT2D eigenvalue weighted by molar-refractivity contribution is 6.36. The first-order chi connectivity index (χ1) is 8.47. The molecule has 1 saturated heterocycles. The van der Waals surface area contributed by atoms with E-state index in [2.05, 4.69) is 5.32 Å². The van der Waals surface area contributed by atoms with Crippen molar-refractivity contribution < 1.29 is 9.59 Å². The zero-order valence-corrected chi connectivity index (χ0v) is 11.3. The second kappa shape index (κ2) is 5.16. The zero-order valence-electron chi connectivity index (χ0n) is 9.74. The van der Waals surface area contributed by atoms with E-state index in [1.807, 2.05) is 0 Å². The van der Waals surface area contributed by atoms with E-state index in [9.17, 15) is 9.59 Å².